The van der Waals surface area contributed by atoms with Crippen LogP contribution in [0.25, 0.3) is 0 Å². The Labute approximate surface area is 118 Å². The molecule has 1 unspecified atom stereocenters. The molecule has 0 fully saturated rings. The van der Waals surface area contributed by atoms with Gasteiger partial charge in [0.15, 0.2) is 19.7 Å². The Kier molecular flexibility index (Phi) is 5.18. The number of rotatable bonds is 6. The third-order valence-corrected chi connectivity index (χ3v) is 6.47. The van der Waals surface area contributed by atoms with Gasteiger partial charge in [-0.25, -0.2) is 16.8 Å². The molecule has 1 atom stereocenters. The van der Waals surface area contributed by atoms with Gasteiger partial charge < -0.3 is 0 Å². The second-order valence-electron chi connectivity index (χ2n) is 4.14. The minimum atomic E-state index is -3.58. The van der Waals surface area contributed by atoms with Crippen LogP contribution in [-0.2, 0) is 19.7 Å². The van der Waals surface area contributed by atoms with Crippen molar-refractivity contribution in [2.45, 2.75) is 23.5 Å². The first-order valence-electron chi connectivity index (χ1n) is 5.54. The molecule has 0 aromatic heterocycles. The zero-order chi connectivity index (χ0) is 14.7. The van der Waals surface area contributed by atoms with Crippen molar-refractivity contribution < 1.29 is 16.8 Å². The van der Waals surface area contributed by atoms with Crippen LogP contribution in [0.15, 0.2) is 41.1 Å². The summed E-state index contributed by atoms with van der Waals surface area (Å²) in [5.74, 6) is -0.239. The summed E-state index contributed by atoms with van der Waals surface area (Å²) in [6.07, 6.45) is 0.0171. The van der Waals surface area contributed by atoms with E-state index in [4.69, 9.17) is 11.6 Å². The lowest BCUT2D eigenvalue weighted by Gasteiger charge is -2.12. The number of hydrogen-bond donors (Lipinski definition) is 0. The molecule has 7 heteroatoms. The molecule has 0 aliphatic carbocycles. The topological polar surface area (TPSA) is 68.3 Å². The molecule has 0 N–H and O–H groups in total. The van der Waals surface area contributed by atoms with Gasteiger partial charge in [-0.3, -0.25) is 0 Å². The highest BCUT2D eigenvalue weighted by Gasteiger charge is 2.24. The lowest BCUT2D eigenvalue weighted by molar-refractivity contribution is 0.578. The monoisotopic (exact) mass is 322 g/mol. The van der Waals surface area contributed by atoms with Crippen molar-refractivity contribution in [3.8, 4) is 0 Å². The van der Waals surface area contributed by atoms with Gasteiger partial charge in [0, 0.05) is 10.4 Å². The van der Waals surface area contributed by atoms with E-state index in [2.05, 4.69) is 6.58 Å². The summed E-state index contributed by atoms with van der Waals surface area (Å²) in [6, 6.07) is 5.92. The number of sulfone groups is 2. The van der Waals surface area contributed by atoms with Crippen molar-refractivity contribution in [2.24, 2.45) is 0 Å². The van der Waals surface area contributed by atoms with Crippen molar-refractivity contribution in [3.63, 3.8) is 0 Å². The maximum atomic E-state index is 12.2. The Bertz CT molecular complexity index is 663. The van der Waals surface area contributed by atoms with E-state index in [9.17, 15) is 16.8 Å². The molecular formula is C12H15ClO4S2. The number of halogens is 1. The van der Waals surface area contributed by atoms with Crippen molar-refractivity contribution in [1.82, 2.24) is 0 Å². The summed E-state index contributed by atoms with van der Waals surface area (Å²) in [5.41, 5.74) is 0. The highest BCUT2D eigenvalue weighted by Crippen LogP contribution is 2.21. The minimum absolute atomic E-state index is 0.0171. The van der Waals surface area contributed by atoms with Crippen LogP contribution in [0, 0.1) is 0 Å². The molecule has 0 aliphatic heterocycles. The van der Waals surface area contributed by atoms with Crippen LogP contribution in [0.5, 0.6) is 0 Å². The molecule has 0 radical (unpaired) electrons. The Morgan fingerprint density at radius 2 is 1.95 bits per heavy atom. The van der Waals surface area contributed by atoms with Crippen LogP contribution in [0.3, 0.4) is 0 Å². The summed E-state index contributed by atoms with van der Waals surface area (Å²) in [4.78, 5) is 0.100. The summed E-state index contributed by atoms with van der Waals surface area (Å²) in [7, 11) is -6.97. The van der Waals surface area contributed by atoms with Gasteiger partial charge in [-0.15, -0.1) is 0 Å². The first kappa shape index (κ1) is 16.2. The first-order valence-corrected chi connectivity index (χ1v) is 9.17. The van der Waals surface area contributed by atoms with E-state index in [0.717, 1.165) is 5.41 Å². The van der Waals surface area contributed by atoms with E-state index in [0.29, 0.717) is 5.02 Å². The molecule has 0 aliphatic rings. The van der Waals surface area contributed by atoms with E-state index in [-0.39, 0.29) is 17.1 Å². The largest absolute Gasteiger partial charge is 0.224 e. The fourth-order valence-corrected chi connectivity index (χ4v) is 4.15. The van der Waals surface area contributed by atoms with Crippen LogP contribution in [0.4, 0.5) is 0 Å². The van der Waals surface area contributed by atoms with Gasteiger partial charge in [0.25, 0.3) is 0 Å². The van der Waals surface area contributed by atoms with Crippen LogP contribution in [0.1, 0.15) is 13.3 Å². The van der Waals surface area contributed by atoms with Gasteiger partial charge >= 0.3 is 0 Å². The zero-order valence-electron chi connectivity index (χ0n) is 10.4. The van der Waals surface area contributed by atoms with E-state index >= 15 is 0 Å². The molecule has 1 aromatic carbocycles. The van der Waals surface area contributed by atoms with Gasteiger partial charge in [0.2, 0.25) is 0 Å². The lowest BCUT2D eigenvalue weighted by Crippen LogP contribution is -2.21. The Morgan fingerprint density at radius 1 is 1.32 bits per heavy atom. The molecule has 0 amide bonds. The molecule has 1 aromatic rings. The van der Waals surface area contributed by atoms with E-state index in [1.807, 2.05) is 0 Å². The van der Waals surface area contributed by atoms with Gasteiger partial charge in [-0.2, -0.15) is 0 Å². The fourth-order valence-electron chi connectivity index (χ4n) is 1.44. The summed E-state index contributed by atoms with van der Waals surface area (Å²) >= 11 is 5.75. The Balaban J connectivity index is 2.92. The molecule has 0 saturated carbocycles. The first-order chi connectivity index (χ1) is 8.69. The second kappa shape index (κ2) is 6.07. The quantitative estimate of drug-likeness (QED) is 0.806. The standard InChI is InChI=1S/C12H15ClO4S2/c1-3-18(14,15)8-7-10(2)19(16,17)12-6-4-5-11(13)9-12/h3-6,9-10H,1,7-8H2,2H3. The maximum absolute atomic E-state index is 12.2. The van der Waals surface area contributed by atoms with Crippen molar-refractivity contribution >= 4 is 31.3 Å². The van der Waals surface area contributed by atoms with Gasteiger partial charge in [-0.05, 0) is 31.5 Å². The molecule has 4 nitrogen and oxygen atoms in total. The fraction of sp³-hybridized carbons (Fsp3) is 0.333. The number of benzene rings is 1. The van der Waals surface area contributed by atoms with Crippen LogP contribution in [-0.4, -0.2) is 27.8 Å². The molecule has 1 rings (SSSR count). The predicted molar refractivity (Wildman–Crippen MR) is 76.7 cm³/mol. The highest BCUT2D eigenvalue weighted by atomic mass is 35.5. The number of hydrogen-bond acceptors (Lipinski definition) is 4. The van der Waals surface area contributed by atoms with Gasteiger partial charge in [0.1, 0.15) is 0 Å². The predicted octanol–water partition coefficient (Wildman–Crippen LogP) is 2.45. The van der Waals surface area contributed by atoms with E-state index in [1.54, 1.807) is 12.1 Å². The zero-order valence-corrected chi connectivity index (χ0v) is 12.8. The maximum Gasteiger partial charge on any atom is 0.181 e. The SMILES string of the molecule is C=CS(=O)(=O)CCC(C)S(=O)(=O)c1cccc(Cl)c1. The molecule has 0 heterocycles. The molecular weight excluding hydrogens is 308 g/mol. The molecule has 19 heavy (non-hydrogen) atoms. The highest BCUT2D eigenvalue weighted by molar-refractivity contribution is 7.94. The smallest absolute Gasteiger partial charge is 0.181 e. The van der Waals surface area contributed by atoms with Gasteiger partial charge in [0.05, 0.1) is 15.9 Å². The third-order valence-electron chi connectivity index (χ3n) is 2.72. The lowest BCUT2D eigenvalue weighted by atomic mass is 10.4. The van der Waals surface area contributed by atoms with E-state index < -0.39 is 24.9 Å². The molecule has 106 valence electrons. The minimum Gasteiger partial charge on any atom is -0.224 e. The van der Waals surface area contributed by atoms with Crippen molar-refractivity contribution in [3.05, 3.63) is 41.3 Å². The van der Waals surface area contributed by atoms with E-state index in [1.165, 1.54) is 19.1 Å². The third kappa shape index (κ3) is 4.33. The normalized spacial score (nSPS) is 14.0. The Hall–Kier alpha value is -0.850. The second-order valence-corrected chi connectivity index (χ2v) is 9.01. The van der Waals surface area contributed by atoms with Gasteiger partial charge in [-0.1, -0.05) is 24.2 Å². The van der Waals surface area contributed by atoms with Crippen LogP contribution in [0.2, 0.25) is 5.02 Å². The van der Waals surface area contributed by atoms with Crippen LogP contribution < -0.4 is 0 Å². The van der Waals surface area contributed by atoms with Crippen molar-refractivity contribution in [2.75, 3.05) is 5.75 Å². The Morgan fingerprint density at radius 3 is 2.47 bits per heavy atom. The van der Waals surface area contributed by atoms with Crippen molar-refractivity contribution in [1.29, 1.82) is 0 Å². The van der Waals surface area contributed by atoms with Crippen LogP contribution >= 0.6 is 11.6 Å². The molecule has 0 saturated heterocycles. The molecule has 0 bridgehead atoms. The summed E-state index contributed by atoms with van der Waals surface area (Å²) in [5, 5.41) is 0.360. The summed E-state index contributed by atoms with van der Waals surface area (Å²) < 4.78 is 47.0. The average Bonchev–Trinajstić information content (AvgIpc) is 2.36. The summed E-state index contributed by atoms with van der Waals surface area (Å²) in [6.45, 7) is 4.67. The average molecular weight is 323 g/mol. The molecule has 0 spiro atoms.